The maximum Gasteiger partial charge on any atom is 0.417 e. The Morgan fingerprint density at radius 2 is 2.00 bits per heavy atom. The number of rotatable bonds is 2. The summed E-state index contributed by atoms with van der Waals surface area (Å²) in [6, 6.07) is 3.32. The highest BCUT2D eigenvalue weighted by Gasteiger charge is 2.33. The molecule has 0 bridgehead atoms. The Kier molecular flexibility index (Phi) is 6.52. The molecule has 2 unspecified atom stereocenters. The van der Waals surface area contributed by atoms with Gasteiger partial charge in [-0.05, 0) is 37.5 Å². The summed E-state index contributed by atoms with van der Waals surface area (Å²) in [6.45, 7) is 0. The van der Waals surface area contributed by atoms with Crippen LogP contribution in [0.15, 0.2) is 18.2 Å². The smallest absolute Gasteiger partial charge is 0.328 e. The molecule has 0 heterocycles. The number of anilines is 1. The lowest BCUT2D eigenvalue weighted by Crippen LogP contribution is -2.34. The molecule has 0 saturated heterocycles. The van der Waals surface area contributed by atoms with Crippen LogP contribution in [0.4, 0.5) is 18.9 Å². The van der Waals surface area contributed by atoms with E-state index in [2.05, 4.69) is 5.32 Å². The first-order chi connectivity index (χ1) is 9.77. The lowest BCUT2D eigenvalue weighted by atomic mass is 9.85. The van der Waals surface area contributed by atoms with Gasteiger partial charge >= 0.3 is 6.18 Å². The summed E-state index contributed by atoms with van der Waals surface area (Å²) in [6.07, 6.45) is -1.55. The Balaban J connectivity index is 0.00000242. The number of amides is 1. The van der Waals surface area contributed by atoms with Crippen LogP contribution in [-0.4, -0.2) is 11.9 Å². The summed E-state index contributed by atoms with van der Waals surface area (Å²) in [5.41, 5.74) is 4.95. The molecule has 22 heavy (non-hydrogen) atoms. The van der Waals surface area contributed by atoms with Crippen molar-refractivity contribution >= 4 is 35.6 Å². The van der Waals surface area contributed by atoms with Crippen molar-refractivity contribution in [3.63, 3.8) is 0 Å². The second-order valence-corrected chi connectivity index (χ2v) is 5.71. The van der Waals surface area contributed by atoms with E-state index in [9.17, 15) is 18.0 Å². The van der Waals surface area contributed by atoms with E-state index < -0.39 is 11.7 Å². The largest absolute Gasteiger partial charge is 0.417 e. The standard InChI is InChI=1S/C14H16ClF3N2O.ClH/c15-12-5-4-10(7-11(12)14(16,17)18)20-13(21)8-2-1-3-9(19)6-8;/h4-5,7-9H,1-3,6,19H2,(H,20,21);1H. The summed E-state index contributed by atoms with van der Waals surface area (Å²) >= 11 is 5.54. The normalized spacial score (nSPS) is 21.9. The molecule has 1 fully saturated rings. The summed E-state index contributed by atoms with van der Waals surface area (Å²) in [5, 5.41) is 2.13. The van der Waals surface area contributed by atoms with Crippen molar-refractivity contribution in [1.82, 2.24) is 0 Å². The second kappa shape index (κ2) is 7.53. The number of nitrogens with one attached hydrogen (secondary N) is 1. The van der Waals surface area contributed by atoms with Gasteiger partial charge in [-0.15, -0.1) is 12.4 Å². The van der Waals surface area contributed by atoms with Crippen LogP contribution in [0.1, 0.15) is 31.2 Å². The van der Waals surface area contributed by atoms with E-state index in [1.54, 1.807) is 0 Å². The van der Waals surface area contributed by atoms with Gasteiger partial charge < -0.3 is 11.1 Å². The highest BCUT2D eigenvalue weighted by Crippen LogP contribution is 2.36. The maximum absolute atomic E-state index is 12.8. The van der Waals surface area contributed by atoms with Crippen LogP contribution in [-0.2, 0) is 11.0 Å². The van der Waals surface area contributed by atoms with Crippen LogP contribution >= 0.6 is 24.0 Å². The van der Waals surface area contributed by atoms with Gasteiger partial charge in [0.05, 0.1) is 10.6 Å². The fourth-order valence-electron chi connectivity index (χ4n) is 2.53. The van der Waals surface area contributed by atoms with Crippen molar-refractivity contribution in [2.75, 3.05) is 5.32 Å². The number of carbonyl (C=O) groups is 1. The number of hydrogen-bond donors (Lipinski definition) is 2. The van der Waals surface area contributed by atoms with Gasteiger partial charge in [0.25, 0.3) is 0 Å². The van der Waals surface area contributed by atoms with Gasteiger partial charge in [0.1, 0.15) is 0 Å². The third-order valence-electron chi connectivity index (χ3n) is 3.62. The van der Waals surface area contributed by atoms with Gasteiger partial charge in [0, 0.05) is 17.6 Å². The highest BCUT2D eigenvalue weighted by molar-refractivity contribution is 6.31. The van der Waals surface area contributed by atoms with E-state index in [4.69, 9.17) is 17.3 Å². The molecule has 0 aromatic heterocycles. The van der Waals surface area contributed by atoms with Crippen LogP contribution < -0.4 is 11.1 Å². The number of hydrogen-bond acceptors (Lipinski definition) is 2. The Morgan fingerprint density at radius 1 is 1.32 bits per heavy atom. The van der Waals surface area contributed by atoms with E-state index >= 15 is 0 Å². The molecule has 0 aliphatic heterocycles. The molecular weight excluding hydrogens is 340 g/mol. The topological polar surface area (TPSA) is 55.1 Å². The van der Waals surface area contributed by atoms with Gasteiger partial charge in [0.15, 0.2) is 0 Å². The second-order valence-electron chi connectivity index (χ2n) is 5.31. The summed E-state index contributed by atoms with van der Waals surface area (Å²) < 4.78 is 38.3. The number of halogens is 5. The summed E-state index contributed by atoms with van der Waals surface area (Å²) in [4.78, 5) is 12.1. The first-order valence-electron chi connectivity index (χ1n) is 6.70. The maximum atomic E-state index is 12.8. The Labute approximate surface area is 137 Å². The molecule has 1 aromatic carbocycles. The van der Waals surface area contributed by atoms with Crippen molar-refractivity contribution in [1.29, 1.82) is 0 Å². The third kappa shape index (κ3) is 4.76. The fraction of sp³-hybridized carbons (Fsp3) is 0.500. The minimum atomic E-state index is -4.55. The molecule has 1 aliphatic carbocycles. The van der Waals surface area contributed by atoms with Crippen LogP contribution in [0, 0.1) is 5.92 Å². The predicted octanol–water partition coefficient (Wildman–Crippen LogP) is 4.24. The Morgan fingerprint density at radius 3 is 2.59 bits per heavy atom. The molecule has 124 valence electrons. The zero-order valence-electron chi connectivity index (χ0n) is 11.6. The zero-order chi connectivity index (χ0) is 15.6. The van der Waals surface area contributed by atoms with Crippen LogP contribution in [0.25, 0.3) is 0 Å². The monoisotopic (exact) mass is 356 g/mol. The van der Waals surface area contributed by atoms with E-state index in [0.717, 1.165) is 25.0 Å². The van der Waals surface area contributed by atoms with Gasteiger partial charge in [-0.3, -0.25) is 4.79 Å². The predicted molar refractivity (Wildman–Crippen MR) is 82.3 cm³/mol. The van der Waals surface area contributed by atoms with E-state index in [0.29, 0.717) is 12.8 Å². The molecule has 1 aliphatic rings. The van der Waals surface area contributed by atoms with Crippen molar-refractivity contribution < 1.29 is 18.0 Å². The number of benzene rings is 1. The highest BCUT2D eigenvalue weighted by atomic mass is 35.5. The molecule has 1 aromatic rings. The van der Waals surface area contributed by atoms with Crippen LogP contribution in [0.3, 0.4) is 0 Å². The van der Waals surface area contributed by atoms with Crippen molar-refractivity contribution in [3.8, 4) is 0 Å². The van der Waals surface area contributed by atoms with E-state index in [-0.39, 0.29) is 41.0 Å². The third-order valence-corrected chi connectivity index (χ3v) is 3.95. The van der Waals surface area contributed by atoms with E-state index in [1.165, 1.54) is 6.07 Å². The lowest BCUT2D eigenvalue weighted by Gasteiger charge is -2.25. The molecule has 3 N–H and O–H groups in total. The number of alkyl halides is 3. The van der Waals surface area contributed by atoms with Crippen molar-refractivity contribution in [2.45, 2.75) is 37.9 Å². The van der Waals surface area contributed by atoms with E-state index in [1.807, 2.05) is 0 Å². The quantitative estimate of drug-likeness (QED) is 0.832. The van der Waals surface area contributed by atoms with Crippen molar-refractivity contribution in [2.24, 2.45) is 11.7 Å². The summed E-state index contributed by atoms with van der Waals surface area (Å²) in [5.74, 6) is -0.542. The Hall–Kier alpha value is -0.980. The molecule has 1 amide bonds. The average Bonchev–Trinajstić information content (AvgIpc) is 2.39. The number of nitrogens with two attached hydrogens (primary N) is 1. The molecule has 0 radical (unpaired) electrons. The Bertz CT molecular complexity index is 537. The minimum absolute atomic E-state index is 0. The van der Waals surface area contributed by atoms with Crippen LogP contribution in [0.5, 0.6) is 0 Å². The molecule has 2 atom stereocenters. The lowest BCUT2D eigenvalue weighted by molar-refractivity contribution is -0.137. The first kappa shape index (κ1) is 19.1. The molecule has 3 nitrogen and oxygen atoms in total. The van der Waals surface area contributed by atoms with Gasteiger partial charge in [-0.25, -0.2) is 0 Å². The average molecular weight is 357 g/mol. The number of carbonyl (C=O) groups excluding carboxylic acids is 1. The zero-order valence-corrected chi connectivity index (χ0v) is 13.2. The summed E-state index contributed by atoms with van der Waals surface area (Å²) in [7, 11) is 0. The van der Waals surface area contributed by atoms with Gasteiger partial charge in [-0.2, -0.15) is 13.2 Å². The molecule has 8 heteroatoms. The fourth-order valence-corrected chi connectivity index (χ4v) is 2.76. The molecule has 1 saturated carbocycles. The van der Waals surface area contributed by atoms with Crippen LogP contribution in [0.2, 0.25) is 5.02 Å². The minimum Gasteiger partial charge on any atom is -0.328 e. The SMILES string of the molecule is Cl.NC1CCCC(C(=O)Nc2ccc(Cl)c(C(F)(F)F)c2)C1. The molecular formula is C14H17Cl2F3N2O. The first-order valence-corrected chi connectivity index (χ1v) is 7.08. The molecule has 0 spiro atoms. The van der Waals surface area contributed by atoms with Crippen molar-refractivity contribution in [3.05, 3.63) is 28.8 Å². The van der Waals surface area contributed by atoms with Gasteiger partial charge in [-0.1, -0.05) is 18.0 Å². The molecule has 2 rings (SSSR count). The van der Waals surface area contributed by atoms with Gasteiger partial charge in [0.2, 0.25) is 5.91 Å².